The number of hydrogen-bond acceptors (Lipinski definition) is 4. The van der Waals surface area contributed by atoms with Gasteiger partial charge in [0.1, 0.15) is 0 Å². The van der Waals surface area contributed by atoms with Crippen molar-refractivity contribution >= 4 is 17.6 Å². The zero-order chi connectivity index (χ0) is 14.9. The monoisotopic (exact) mass is 279 g/mol. The molecule has 6 heteroatoms. The first-order valence-corrected chi connectivity index (χ1v) is 6.44. The maximum Gasteiger partial charge on any atom is 0.360 e. The third-order valence-corrected chi connectivity index (χ3v) is 3.26. The van der Waals surface area contributed by atoms with Crippen LogP contribution in [-0.2, 0) is 16.0 Å². The van der Waals surface area contributed by atoms with Gasteiger partial charge in [0, 0.05) is 12.5 Å². The number of nitrogens with one attached hydrogen (secondary N) is 1. The molecule has 1 heterocycles. The highest BCUT2D eigenvalue weighted by Crippen LogP contribution is 2.30. The summed E-state index contributed by atoms with van der Waals surface area (Å²) in [6.07, 6.45) is 1.11. The molecule has 6 nitrogen and oxygen atoms in total. The predicted octanol–water partition coefficient (Wildman–Crippen LogP) is 0.806. The van der Waals surface area contributed by atoms with Crippen LogP contribution in [0.15, 0.2) is 18.2 Å². The van der Waals surface area contributed by atoms with Crippen molar-refractivity contribution in [1.82, 2.24) is 0 Å². The van der Waals surface area contributed by atoms with Gasteiger partial charge in [-0.2, -0.15) is 0 Å². The van der Waals surface area contributed by atoms with E-state index >= 15 is 0 Å². The van der Waals surface area contributed by atoms with Crippen LogP contribution in [0.1, 0.15) is 32.3 Å². The number of fused-ring (bicyclic) bond motifs is 1. The number of aryl methyl sites for hydroxylation is 1. The first kappa shape index (κ1) is 14.5. The van der Waals surface area contributed by atoms with E-state index < -0.39 is 22.5 Å². The molecule has 1 aromatic rings. The van der Waals surface area contributed by atoms with E-state index in [2.05, 4.69) is 0 Å². The number of ether oxygens (including phenoxy) is 1. The van der Waals surface area contributed by atoms with Gasteiger partial charge in [0.05, 0.1) is 0 Å². The minimum absolute atomic E-state index is 0.0769. The Morgan fingerprint density at radius 1 is 1.45 bits per heavy atom. The molecule has 2 rings (SSSR count). The Kier molecular flexibility index (Phi) is 3.78. The molecular weight excluding hydrogens is 262 g/mol. The van der Waals surface area contributed by atoms with Crippen molar-refractivity contribution in [2.24, 2.45) is 0 Å². The van der Waals surface area contributed by atoms with Gasteiger partial charge in [-0.05, 0) is 38.3 Å². The lowest BCUT2D eigenvalue weighted by Gasteiger charge is -2.35. The van der Waals surface area contributed by atoms with Crippen LogP contribution in [0.25, 0.3) is 0 Å². The molecule has 108 valence electrons. The fourth-order valence-electron chi connectivity index (χ4n) is 2.16. The zero-order valence-electron chi connectivity index (χ0n) is 11.4. The van der Waals surface area contributed by atoms with Gasteiger partial charge < -0.3 is 15.1 Å². The maximum absolute atomic E-state index is 12.0. The number of carboxylic acids is 1. The van der Waals surface area contributed by atoms with Gasteiger partial charge in [0.15, 0.2) is 11.4 Å². The summed E-state index contributed by atoms with van der Waals surface area (Å²) in [6, 6.07) is 5.07. The number of benzene rings is 1. The Bertz CT molecular complexity index is 552. The van der Waals surface area contributed by atoms with E-state index in [4.69, 9.17) is 9.84 Å². The summed E-state index contributed by atoms with van der Waals surface area (Å²) in [4.78, 5) is 22.3. The van der Waals surface area contributed by atoms with Crippen molar-refractivity contribution < 1.29 is 24.5 Å². The molecule has 1 aliphatic rings. The number of aliphatic carboxylic acids is 1. The lowest BCUT2D eigenvalue weighted by molar-refractivity contribution is -0.698. The fraction of sp³-hybridized carbons (Fsp3) is 0.429. The minimum Gasteiger partial charge on any atom is -0.621 e. The molecule has 2 N–H and O–H groups in total. The molecule has 0 aliphatic carbocycles. The second-order valence-electron chi connectivity index (χ2n) is 5.35. The van der Waals surface area contributed by atoms with Crippen molar-refractivity contribution in [3.63, 3.8) is 0 Å². The molecule has 0 saturated heterocycles. The third kappa shape index (κ3) is 2.81. The van der Waals surface area contributed by atoms with Gasteiger partial charge in [-0.1, -0.05) is 6.07 Å². The summed E-state index contributed by atoms with van der Waals surface area (Å²) >= 11 is 0. The van der Waals surface area contributed by atoms with Crippen molar-refractivity contribution in [3.8, 4) is 5.75 Å². The molecule has 1 atom stereocenters. The number of quaternary nitrogens is 1. The average Bonchev–Trinajstić information content (AvgIpc) is 2.36. The molecule has 0 bridgehead atoms. The highest BCUT2D eigenvalue weighted by atomic mass is 16.6. The Labute approximate surface area is 116 Å². The second-order valence-corrected chi connectivity index (χ2v) is 5.35. The zero-order valence-corrected chi connectivity index (χ0v) is 11.4. The van der Waals surface area contributed by atoms with Crippen molar-refractivity contribution in [1.29, 1.82) is 0 Å². The van der Waals surface area contributed by atoms with Crippen LogP contribution in [0.4, 0.5) is 5.69 Å². The number of carbonyl (C=O) groups is 2. The lowest BCUT2D eigenvalue weighted by atomic mass is 10.0. The van der Waals surface area contributed by atoms with Gasteiger partial charge in [-0.15, -0.1) is 0 Å². The molecule has 1 unspecified atom stereocenters. The van der Waals surface area contributed by atoms with Crippen LogP contribution in [0, 0.1) is 5.21 Å². The lowest BCUT2D eigenvalue weighted by Crippen LogP contribution is -3.09. The Balaban J connectivity index is 2.19. The van der Waals surface area contributed by atoms with E-state index in [1.54, 1.807) is 32.0 Å². The van der Waals surface area contributed by atoms with Crippen LogP contribution in [0.3, 0.4) is 0 Å². The van der Waals surface area contributed by atoms with E-state index in [1.165, 1.54) is 0 Å². The van der Waals surface area contributed by atoms with Gasteiger partial charge in [-0.3, -0.25) is 9.86 Å². The molecule has 1 aliphatic heterocycles. The molecule has 0 saturated carbocycles. The first-order valence-electron chi connectivity index (χ1n) is 6.44. The van der Waals surface area contributed by atoms with E-state index in [9.17, 15) is 14.8 Å². The molecule has 20 heavy (non-hydrogen) atoms. The largest absolute Gasteiger partial charge is 0.621 e. The second kappa shape index (κ2) is 5.22. The number of hydrogen-bond donors (Lipinski definition) is 2. The quantitative estimate of drug-likeness (QED) is 0.796. The van der Waals surface area contributed by atoms with Crippen LogP contribution in [0.2, 0.25) is 0 Å². The highest BCUT2D eigenvalue weighted by molar-refractivity contribution is 5.81. The van der Waals surface area contributed by atoms with Gasteiger partial charge in [-0.25, -0.2) is 4.79 Å². The van der Waals surface area contributed by atoms with Crippen LogP contribution < -0.4 is 9.80 Å². The fourth-order valence-corrected chi connectivity index (χ4v) is 2.16. The number of carbonyl (C=O) groups excluding carboxylic acids is 1. The molecule has 1 amide bonds. The van der Waals surface area contributed by atoms with E-state index in [0.717, 1.165) is 5.56 Å². The van der Waals surface area contributed by atoms with Gasteiger partial charge in [0.25, 0.3) is 0 Å². The summed E-state index contributed by atoms with van der Waals surface area (Å²) < 4.78 is 5.54. The number of amides is 1. The summed E-state index contributed by atoms with van der Waals surface area (Å²) in [5.41, 5.74) is -0.0360. The topological polar surface area (TPSA) is 91.1 Å². The summed E-state index contributed by atoms with van der Waals surface area (Å²) in [7, 11) is 0. The summed E-state index contributed by atoms with van der Waals surface area (Å²) in [5, 5.41) is 20.1. The normalized spacial score (nSPS) is 20.1. The van der Waals surface area contributed by atoms with Gasteiger partial charge >= 0.3 is 11.9 Å². The van der Waals surface area contributed by atoms with Crippen LogP contribution in [0.5, 0.6) is 5.75 Å². The predicted molar refractivity (Wildman–Crippen MR) is 70.7 cm³/mol. The molecule has 0 radical (unpaired) electrons. The molecule has 1 aromatic carbocycles. The van der Waals surface area contributed by atoms with Crippen molar-refractivity contribution in [3.05, 3.63) is 29.0 Å². The maximum atomic E-state index is 12.0. The molecule has 0 fully saturated rings. The Morgan fingerprint density at radius 2 is 2.15 bits per heavy atom. The highest BCUT2D eigenvalue weighted by Gasteiger charge is 2.42. The third-order valence-electron chi connectivity index (χ3n) is 3.26. The Hall–Kier alpha value is -1.92. The van der Waals surface area contributed by atoms with Crippen molar-refractivity contribution in [2.75, 3.05) is 0 Å². The van der Waals surface area contributed by atoms with E-state index in [1.807, 2.05) is 0 Å². The van der Waals surface area contributed by atoms with Gasteiger partial charge in [0.2, 0.25) is 5.60 Å². The summed E-state index contributed by atoms with van der Waals surface area (Å²) in [6.45, 7) is 3.13. The number of carboxylic acid groups (broad SMARTS) is 1. The smallest absolute Gasteiger partial charge is 0.360 e. The van der Waals surface area contributed by atoms with Crippen LogP contribution in [-0.4, -0.2) is 22.6 Å². The van der Waals surface area contributed by atoms with E-state index in [0.29, 0.717) is 18.6 Å². The molecule has 0 spiro atoms. The average molecular weight is 279 g/mol. The standard InChI is InChI=1S/C14H17NO5/c1-14(2)13(18)15(19)10-8-9(4-3-5-12(16)17)6-7-11(10)20-14/h6-8,15H,3-5H2,1-2H3,(H,16,17). The van der Waals surface area contributed by atoms with Crippen molar-refractivity contribution in [2.45, 2.75) is 38.7 Å². The minimum atomic E-state index is -1.13. The number of rotatable bonds is 4. The molecular formula is C14H17NO5. The number of hydroxylamine groups is 1. The SMILES string of the molecule is CC1(C)Oc2ccc(CCCC(=O)O)cc2[NH+]([O-])C1=O. The Morgan fingerprint density at radius 3 is 2.80 bits per heavy atom. The van der Waals surface area contributed by atoms with Crippen LogP contribution >= 0.6 is 0 Å². The molecule has 0 aromatic heterocycles. The van der Waals surface area contributed by atoms with E-state index in [-0.39, 0.29) is 12.1 Å². The summed E-state index contributed by atoms with van der Waals surface area (Å²) in [5.74, 6) is -1.01. The first-order chi connectivity index (χ1) is 9.31.